The number of hydrogen-bond acceptors (Lipinski definition) is 5. The number of carbonyl (C=O) groups excluding carboxylic acids is 2. The van der Waals surface area contributed by atoms with E-state index in [-0.39, 0.29) is 30.9 Å². The number of aryl methyl sites for hydroxylation is 1. The van der Waals surface area contributed by atoms with Crippen LogP contribution in [-0.2, 0) is 20.8 Å². The molecule has 3 rings (SSSR count). The van der Waals surface area contributed by atoms with Crippen molar-refractivity contribution in [2.24, 2.45) is 0 Å². The maximum absolute atomic E-state index is 13.0. The minimum Gasteiger partial charge on any atom is -0.480 e. The van der Waals surface area contributed by atoms with Crippen LogP contribution in [0.25, 0.3) is 0 Å². The molecular weight excluding hydrogens is 371 g/mol. The van der Waals surface area contributed by atoms with Crippen molar-refractivity contribution in [3.05, 3.63) is 47.3 Å². The SMILES string of the molecule is O=C(O)[C@@H]1CCCN2C(=O)CC=C([P+](O)(O)CCc3ccccc3)C(=O)N12. The number of amides is 2. The van der Waals surface area contributed by atoms with Gasteiger partial charge in [0.1, 0.15) is 6.16 Å². The lowest BCUT2D eigenvalue weighted by molar-refractivity contribution is -0.178. The van der Waals surface area contributed by atoms with Gasteiger partial charge >= 0.3 is 19.6 Å². The second-order valence-electron chi connectivity index (χ2n) is 6.65. The minimum atomic E-state index is -3.82. The van der Waals surface area contributed by atoms with Crippen LogP contribution in [0.1, 0.15) is 24.8 Å². The van der Waals surface area contributed by atoms with E-state index in [1.54, 1.807) is 0 Å². The van der Waals surface area contributed by atoms with Crippen LogP contribution in [0, 0.1) is 0 Å². The first-order chi connectivity index (χ1) is 12.8. The van der Waals surface area contributed by atoms with Crippen LogP contribution >= 0.6 is 7.72 Å². The Morgan fingerprint density at radius 1 is 1.19 bits per heavy atom. The molecule has 1 saturated heterocycles. The van der Waals surface area contributed by atoms with Crippen molar-refractivity contribution < 1.29 is 29.3 Å². The lowest BCUT2D eigenvalue weighted by Crippen LogP contribution is -2.59. The minimum absolute atomic E-state index is 0.0473. The molecule has 0 aromatic heterocycles. The molecule has 0 unspecified atom stereocenters. The van der Waals surface area contributed by atoms with Crippen molar-refractivity contribution in [3.63, 3.8) is 0 Å². The summed E-state index contributed by atoms with van der Waals surface area (Å²) in [6.45, 7) is 0.238. The van der Waals surface area contributed by atoms with Gasteiger partial charge in [-0.15, -0.1) is 0 Å². The van der Waals surface area contributed by atoms with Crippen LogP contribution < -0.4 is 0 Å². The van der Waals surface area contributed by atoms with Crippen LogP contribution in [0.4, 0.5) is 0 Å². The molecule has 2 amide bonds. The summed E-state index contributed by atoms with van der Waals surface area (Å²) < 4.78 is 0. The van der Waals surface area contributed by atoms with Gasteiger partial charge in [-0.05, 0) is 24.5 Å². The molecule has 0 bridgehead atoms. The molecule has 27 heavy (non-hydrogen) atoms. The van der Waals surface area contributed by atoms with Gasteiger partial charge in [-0.3, -0.25) is 14.6 Å². The standard InChI is InChI=1S/C18H21N2O6P/c21-16-9-8-15(27(25,26)12-10-13-5-2-1-3-6-13)17(22)20-14(18(23)24)7-4-11-19(16)20/h1-3,5-6,8,14,25-26H,4,7,9-12H2/p+1/t14-/m0/s1. The third kappa shape index (κ3) is 4.03. The number of nitrogens with zero attached hydrogens (tertiary/aromatic N) is 2. The van der Waals surface area contributed by atoms with Crippen LogP contribution in [-0.4, -0.2) is 61.4 Å². The molecular formula is C18H22N2O6P+. The summed E-state index contributed by atoms with van der Waals surface area (Å²) >= 11 is 0. The maximum Gasteiger partial charge on any atom is 0.328 e. The predicted octanol–water partition coefficient (Wildman–Crippen LogP) is 1.17. The van der Waals surface area contributed by atoms with Crippen molar-refractivity contribution in [2.75, 3.05) is 12.7 Å². The molecule has 0 spiro atoms. The largest absolute Gasteiger partial charge is 0.480 e. The van der Waals surface area contributed by atoms with E-state index in [2.05, 4.69) is 0 Å². The Balaban J connectivity index is 1.86. The Kier molecular flexibility index (Phi) is 5.60. The zero-order valence-electron chi connectivity index (χ0n) is 14.7. The zero-order chi connectivity index (χ0) is 19.6. The quantitative estimate of drug-likeness (QED) is 0.647. The number of carboxylic acids is 1. The Bertz CT molecular complexity index is 779. The summed E-state index contributed by atoms with van der Waals surface area (Å²) in [6.07, 6.45) is 2.07. The lowest BCUT2D eigenvalue weighted by Gasteiger charge is -2.41. The summed E-state index contributed by atoms with van der Waals surface area (Å²) in [6, 6.07) is 8.03. The summed E-state index contributed by atoms with van der Waals surface area (Å²) in [7, 11) is -3.82. The third-order valence-electron chi connectivity index (χ3n) is 4.81. The molecule has 1 aromatic rings. The molecule has 2 aliphatic heterocycles. The molecule has 1 atom stereocenters. The first-order valence-electron chi connectivity index (χ1n) is 8.76. The fourth-order valence-electron chi connectivity index (χ4n) is 3.40. The first kappa shape index (κ1) is 19.5. The van der Waals surface area contributed by atoms with E-state index >= 15 is 0 Å². The van der Waals surface area contributed by atoms with Gasteiger partial charge in [-0.1, -0.05) is 30.3 Å². The number of hydrazine groups is 1. The van der Waals surface area contributed by atoms with Crippen molar-refractivity contribution in [3.8, 4) is 0 Å². The van der Waals surface area contributed by atoms with Crippen molar-refractivity contribution in [1.29, 1.82) is 0 Å². The Hall–Kier alpha value is -2.28. The van der Waals surface area contributed by atoms with E-state index in [1.165, 1.54) is 6.08 Å². The van der Waals surface area contributed by atoms with Gasteiger partial charge in [0.2, 0.25) is 11.2 Å². The van der Waals surface area contributed by atoms with Crippen LogP contribution in [0.3, 0.4) is 0 Å². The van der Waals surface area contributed by atoms with E-state index in [1.807, 2.05) is 30.3 Å². The second-order valence-corrected chi connectivity index (χ2v) is 9.04. The Morgan fingerprint density at radius 2 is 1.89 bits per heavy atom. The number of hydrogen-bond donors (Lipinski definition) is 3. The van der Waals surface area contributed by atoms with Gasteiger partial charge in [0.15, 0.2) is 6.04 Å². The number of benzene rings is 1. The highest BCUT2D eigenvalue weighted by atomic mass is 31.2. The van der Waals surface area contributed by atoms with E-state index in [0.717, 1.165) is 15.6 Å². The highest BCUT2D eigenvalue weighted by molar-refractivity contribution is 7.70. The summed E-state index contributed by atoms with van der Waals surface area (Å²) in [5.41, 5.74) is 0.894. The molecule has 144 valence electrons. The number of fused-ring (bicyclic) bond motifs is 1. The Morgan fingerprint density at radius 3 is 2.56 bits per heavy atom. The fourth-order valence-corrected chi connectivity index (χ4v) is 5.00. The van der Waals surface area contributed by atoms with Gasteiger partial charge in [0.05, 0.1) is 6.42 Å². The van der Waals surface area contributed by atoms with E-state index in [9.17, 15) is 29.3 Å². The summed E-state index contributed by atoms with van der Waals surface area (Å²) in [5, 5.41) is 11.2. The highest BCUT2D eigenvalue weighted by Crippen LogP contribution is 2.59. The molecule has 9 heteroatoms. The molecule has 8 nitrogen and oxygen atoms in total. The molecule has 0 radical (unpaired) electrons. The molecule has 3 N–H and O–H groups in total. The monoisotopic (exact) mass is 393 g/mol. The predicted molar refractivity (Wildman–Crippen MR) is 98.3 cm³/mol. The highest BCUT2D eigenvalue weighted by Gasteiger charge is 2.51. The number of carbonyl (C=O) groups is 3. The van der Waals surface area contributed by atoms with Gasteiger partial charge in [0.25, 0.3) is 0 Å². The third-order valence-corrected chi connectivity index (χ3v) is 6.81. The average molecular weight is 393 g/mol. The van der Waals surface area contributed by atoms with Crippen LogP contribution in [0.5, 0.6) is 0 Å². The molecule has 1 aromatic carbocycles. The van der Waals surface area contributed by atoms with E-state index in [4.69, 9.17) is 0 Å². The molecule has 2 aliphatic rings. The Labute approximate surface area is 157 Å². The van der Waals surface area contributed by atoms with Gasteiger partial charge in [-0.2, -0.15) is 0 Å². The van der Waals surface area contributed by atoms with Crippen LogP contribution in [0.15, 0.2) is 41.7 Å². The van der Waals surface area contributed by atoms with E-state index in [0.29, 0.717) is 12.8 Å². The molecule has 2 heterocycles. The van der Waals surface area contributed by atoms with Crippen molar-refractivity contribution >= 4 is 25.5 Å². The number of aliphatic carboxylic acids is 1. The topological polar surface area (TPSA) is 118 Å². The molecule has 0 saturated carbocycles. The van der Waals surface area contributed by atoms with Crippen molar-refractivity contribution in [2.45, 2.75) is 31.7 Å². The van der Waals surface area contributed by atoms with E-state index < -0.39 is 31.5 Å². The van der Waals surface area contributed by atoms with Gasteiger partial charge < -0.3 is 5.11 Å². The lowest BCUT2D eigenvalue weighted by atomic mass is 10.1. The molecule has 0 aliphatic carbocycles. The maximum atomic E-state index is 13.0. The fraction of sp³-hybridized carbons (Fsp3) is 0.389. The smallest absolute Gasteiger partial charge is 0.328 e. The number of rotatable bonds is 5. The van der Waals surface area contributed by atoms with Gasteiger partial charge in [-0.25, -0.2) is 19.6 Å². The molecule has 1 fully saturated rings. The zero-order valence-corrected chi connectivity index (χ0v) is 15.6. The first-order valence-corrected chi connectivity index (χ1v) is 10.6. The van der Waals surface area contributed by atoms with Crippen LogP contribution in [0.2, 0.25) is 0 Å². The summed E-state index contributed by atoms with van der Waals surface area (Å²) in [4.78, 5) is 58.3. The summed E-state index contributed by atoms with van der Waals surface area (Å²) in [5.74, 6) is -2.45. The average Bonchev–Trinajstić information content (AvgIpc) is 2.78. The number of carboxylic acid groups (broad SMARTS) is 1. The van der Waals surface area contributed by atoms with Crippen molar-refractivity contribution in [1.82, 2.24) is 10.0 Å². The van der Waals surface area contributed by atoms with Gasteiger partial charge in [0, 0.05) is 13.0 Å². The second kappa shape index (κ2) is 7.76. The normalized spacial score (nSPS) is 20.8.